The van der Waals surface area contributed by atoms with Gasteiger partial charge in [-0.3, -0.25) is 0 Å². The van der Waals surface area contributed by atoms with Crippen molar-refractivity contribution >= 4 is 11.9 Å². The van der Waals surface area contributed by atoms with E-state index in [2.05, 4.69) is 6.58 Å². The number of esters is 2. The highest BCUT2D eigenvalue weighted by molar-refractivity contribution is 5.88. The van der Waals surface area contributed by atoms with Crippen molar-refractivity contribution in [1.29, 1.82) is 0 Å². The Bertz CT molecular complexity index is 327. The van der Waals surface area contributed by atoms with Crippen LogP contribution in [0, 0.1) is 0 Å². The second kappa shape index (κ2) is 6.57. The first-order chi connectivity index (χ1) is 8.49. The van der Waals surface area contributed by atoms with Gasteiger partial charge >= 0.3 is 11.9 Å². The molecule has 1 fully saturated rings. The maximum Gasteiger partial charge on any atom is 0.344 e. The molecule has 0 aromatic rings. The first kappa shape index (κ1) is 14.7. The van der Waals surface area contributed by atoms with Crippen LogP contribution in [-0.4, -0.2) is 24.1 Å². The zero-order chi connectivity index (χ0) is 13.6. The molecule has 0 spiro atoms. The normalized spacial score (nSPS) is 17.9. The summed E-state index contributed by atoms with van der Waals surface area (Å²) in [7, 11) is 0. The van der Waals surface area contributed by atoms with Crippen LogP contribution in [0.5, 0.6) is 0 Å². The van der Waals surface area contributed by atoms with Crippen LogP contribution in [0.25, 0.3) is 0 Å². The third-order valence-electron chi connectivity index (χ3n) is 3.41. The average molecular weight is 254 g/mol. The molecular formula is C14H22O4. The molecule has 1 aliphatic carbocycles. The summed E-state index contributed by atoms with van der Waals surface area (Å²) < 4.78 is 10.3. The average Bonchev–Trinajstić information content (AvgIpc) is 2.36. The van der Waals surface area contributed by atoms with Crippen molar-refractivity contribution in [3.8, 4) is 0 Å². The minimum absolute atomic E-state index is 0.283. The van der Waals surface area contributed by atoms with Gasteiger partial charge in [0.05, 0.1) is 0 Å². The Morgan fingerprint density at radius 1 is 1.22 bits per heavy atom. The number of hydrogen-bond acceptors (Lipinski definition) is 4. The lowest BCUT2D eigenvalue weighted by atomic mass is 9.83. The van der Waals surface area contributed by atoms with Gasteiger partial charge in [-0.1, -0.05) is 19.9 Å². The molecule has 18 heavy (non-hydrogen) atoms. The number of ether oxygens (including phenoxy) is 2. The largest absolute Gasteiger partial charge is 0.457 e. The van der Waals surface area contributed by atoms with E-state index in [1.54, 1.807) is 6.92 Å². The van der Waals surface area contributed by atoms with Crippen molar-refractivity contribution in [3.63, 3.8) is 0 Å². The number of hydrogen-bond donors (Lipinski definition) is 0. The SMILES string of the molecule is C=C(C)C(=O)OCC(=O)OC1(CC)CCCCC1. The number of carbonyl (C=O) groups is 2. The van der Waals surface area contributed by atoms with Gasteiger partial charge in [-0.2, -0.15) is 0 Å². The Labute approximate surface area is 108 Å². The fourth-order valence-electron chi connectivity index (χ4n) is 2.24. The van der Waals surface area contributed by atoms with Crippen molar-refractivity contribution in [2.75, 3.05) is 6.61 Å². The van der Waals surface area contributed by atoms with Gasteiger partial charge in [0.2, 0.25) is 0 Å². The van der Waals surface area contributed by atoms with E-state index in [9.17, 15) is 9.59 Å². The van der Waals surface area contributed by atoms with E-state index in [1.165, 1.54) is 6.42 Å². The minimum Gasteiger partial charge on any atom is -0.457 e. The fourth-order valence-corrected chi connectivity index (χ4v) is 2.24. The number of rotatable bonds is 5. The van der Waals surface area contributed by atoms with Crippen LogP contribution in [0.15, 0.2) is 12.2 Å². The summed E-state index contributed by atoms with van der Waals surface area (Å²) in [6.07, 6.45) is 6.00. The molecule has 0 radical (unpaired) electrons. The van der Waals surface area contributed by atoms with E-state index in [4.69, 9.17) is 9.47 Å². The smallest absolute Gasteiger partial charge is 0.344 e. The van der Waals surface area contributed by atoms with E-state index in [0.29, 0.717) is 0 Å². The lowest BCUT2D eigenvalue weighted by molar-refractivity contribution is -0.172. The van der Waals surface area contributed by atoms with Crippen LogP contribution < -0.4 is 0 Å². The summed E-state index contributed by atoms with van der Waals surface area (Å²) in [4.78, 5) is 22.8. The summed E-state index contributed by atoms with van der Waals surface area (Å²) in [6, 6.07) is 0. The van der Waals surface area contributed by atoms with Gasteiger partial charge in [0, 0.05) is 5.57 Å². The monoisotopic (exact) mass is 254 g/mol. The molecule has 0 atom stereocenters. The Balaban J connectivity index is 2.42. The van der Waals surface area contributed by atoms with Crippen molar-refractivity contribution in [2.45, 2.75) is 58.0 Å². The minimum atomic E-state index is -0.554. The van der Waals surface area contributed by atoms with E-state index in [-0.39, 0.29) is 17.8 Å². The van der Waals surface area contributed by atoms with Crippen LogP contribution in [0.2, 0.25) is 0 Å². The van der Waals surface area contributed by atoms with Gasteiger partial charge in [-0.25, -0.2) is 9.59 Å². The summed E-state index contributed by atoms with van der Waals surface area (Å²) >= 11 is 0. The van der Waals surface area contributed by atoms with Crippen molar-refractivity contribution < 1.29 is 19.1 Å². The molecule has 1 rings (SSSR count). The number of carbonyl (C=O) groups excluding carboxylic acids is 2. The zero-order valence-corrected chi connectivity index (χ0v) is 11.3. The van der Waals surface area contributed by atoms with Gasteiger partial charge in [0.25, 0.3) is 0 Å². The molecule has 1 aliphatic rings. The first-order valence-corrected chi connectivity index (χ1v) is 6.53. The summed E-state index contributed by atoms with van der Waals surface area (Å²) in [5.74, 6) is -1.02. The Morgan fingerprint density at radius 3 is 2.33 bits per heavy atom. The highest BCUT2D eigenvalue weighted by atomic mass is 16.6. The highest BCUT2D eigenvalue weighted by Crippen LogP contribution is 2.34. The van der Waals surface area contributed by atoms with Gasteiger partial charge < -0.3 is 9.47 Å². The Hall–Kier alpha value is -1.32. The van der Waals surface area contributed by atoms with Crippen molar-refractivity contribution in [3.05, 3.63) is 12.2 Å². The molecule has 0 aromatic heterocycles. The van der Waals surface area contributed by atoms with E-state index in [0.717, 1.165) is 32.1 Å². The topological polar surface area (TPSA) is 52.6 Å². The van der Waals surface area contributed by atoms with E-state index < -0.39 is 11.9 Å². The molecule has 0 heterocycles. The van der Waals surface area contributed by atoms with Gasteiger partial charge in [-0.05, 0) is 39.0 Å². The molecule has 0 aliphatic heterocycles. The first-order valence-electron chi connectivity index (χ1n) is 6.53. The molecule has 4 heteroatoms. The molecule has 0 saturated heterocycles. The van der Waals surface area contributed by atoms with Crippen LogP contribution >= 0.6 is 0 Å². The van der Waals surface area contributed by atoms with Crippen LogP contribution in [-0.2, 0) is 19.1 Å². The molecule has 102 valence electrons. The fraction of sp³-hybridized carbons (Fsp3) is 0.714. The maximum atomic E-state index is 11.7. The zero-order valence-electron chi connectivity index (χ0n) is 11.3. The van der Waals surface area contributed by atoms with E-state index in [1.807, 2.05) is 6.92 Å². The Kier molecular flexibility index (Phi) is 5.38. The summed E-state index contributed by atoms with van der Waals surface area (Å²) in [6.45, 7) is 6.70. The second-order valence-electron chi connectivity index (χ2n) is 4.93. The summed E-state index contributed by atoms with van der Waals surface area (Å²) in [5, 5.41) is 0. The molecule has 0 bridgehead atoms. The molecular weight excluding hydrogens is 232 g/mol. The third-order valence-corrected chi connectivity index (χ3v) is 3.41. The maximum absolute atomic E-state index is 11.7. The predicted molar refractivity (Wildman–Crippen MR) is 68.0 cm³/mol. The highest BCUT2D eigenvalue weighted by Gasteiger charge is 2.34. The molecule has 1 saturated carbocycles. The molecule has 0 N–H and O–H groups in total. The van der Waals surface area contributed by atoms with Crippen molar-refractivity contribution in [1.82, 2.24) is 0 Å². The van der Waals surface area contributed by atoms with Crippen molar-refractivity contribution in [2.24, 2.45) is 0 Å². The van der Waals surface area contributed by atoms with Crippen LogP contribution in [0.1, 0.15) is 52.4 Å². The summed E-state index contributed by atoms with van der Waals surface area (Å²) in [5.41, 5.74) is -0.0593. The van der Waals surface area contributed by atoms with Gasteiger partial charge in [0.15, 0.2) is 6.61 Å². The quantitative estimate of drug-likeness (QED) is 0.559. The van der Waals surface area contributed by atoms with Crippen LogP contribution in [0.3, 0.4) is 0 Å². The lowest BCUT2D eigenvalue weighted by Crippen LogP contribution is -2.38. The standard InChI is InChI=1S/C14H22O4/c1-4-14(8-6-5-7-9-14)18-12(15)10-17-13(16)11(2)3/h2,4-10H2,1,3H3. The van der Waals surface area contributed by atoms with E-state index >= 15 is 0 Å². The molecule has 0 aromatic carbocycles. The predicted octanol–water partition coefficient (Wildman–Crippen LogP) is 2.76. The van der Waals surface area contributed by atoms with Gasteiger partial charge in [0.1, 0.15) is 5.60 Å². The molecule has 4 nitrogen and oxygen atoms in total. The molecule has 0 unspecified atom stereocenters. The lowest BCUT2D eigenvalue weighted by Gasteiger charge is -2.35. The Morgan fingerprint density at radius 2 is 1.83 bits per heavy atom. The molecule has 0 amide bonds. The van der Waals surface area contributed by atoms with Gasteiger partial charge in [-0.15, -0.1) is 0 Å². The van der Waals surface area contributed by atoms with Crippen LogP contribution in [0.4, 0.5) is 0 Å². The third kappa shape index (κ3) is 4.17. The second-order valence-corrected chi connectivity index (χ2v) is 4.93.